The molecule has 0 amide bonds. The van der Waals surface area contributed by atoms with Crippen LogP contribution in [0.5, 0.6) is 17.2 Å². The molecule has 0 N–H and O–H groups in total. The van der Waals surface area contributed by atoms with Crippen molar-refractivity contribution in [1.82, 2.24) is 4.90 Å². The lowest BCUT2D eigenvalue weighted by Gasteiger charge is -2.29. The molecule has 0 bridgehead atoms. The van der Waals surface area contributed by atoms with Crippen LogP contribution < -0.4 is 19.8 Å². The summed E-state index contributed by atoms with van der Waals surface area (Å²) in [4.78, 5) is 15.1. The van der Waals surface area contributed by atoms with Crippen molar-refractivity contribution in [2.24, 2.45) is 0 Å². The Labute approximate surface area is 206 Å². The van der Waals surface area contributed by atoms with Crippen molar-refractivity contribution in [2.45, 2.75) is 13.1 Å². The second-order valence-corrected chi connectivity index (χ2v) is 8.80. The van der Waals surface area contributed by atoms with Crippen LogP contribution >= 0.6 is 23.2 Å². The van der Waals surface area contributed by atoms with Crippen LogP contribution in [0.3, 0.4) is 0 Å². The number of ether oxygens (including phenoxy) is 3. The van der Waals surface area contributed by atoms with Crippen molar-refractivity contribution >= 4 is 34.2 Å². The summed E-state index contributed by atoms with van der Waals surface area (Å²) in [5, 5.41) is 1.84. The van der Waals surface area contributed by atoms with E-state index in [1.807, 2.05) is 30.3 Å². The van der Waals surface area contributed by atoms with Crippen LogP contribution in [0.4, 0.5) is 0 Å². The molecule has 0 radical (unpaired) electrons. The van der Waals surface area contributed by atoms with Crippen LogP contribution in [0.15, 0.2) is 63.8 Å². The summed E-state index contributed by atoms with van der Waals surface area (Å²) >= 11 is 12.2. The molecule has 174 valence electrons. The SMILES string of the molecule is COc1ccc(-c2cc3ccc4c(c3oc2=O)CN(Cc2ccc(Cl)c(Cl)c2)CO4)cc1OC. The van der Waals surface area contributed by atoms with E-state index in [1.54, 1.807) is 38.5 Å². The molecule has 0 unspecified atom stereocenters. The third-order valence-electron chi connectivity index (χ3n) is 5.83. The molecule has 5 rings (SSSR count). The zero-order valence-electron chi connectivity index (χ0n) is 18.6. The minimum atomic E-state index is -0.435. The topological polar surface area (TPSA) is 61.1 Å². The molecular formula is C26H21Cl2NO5. The Morgan fingerprint density at radius 2 is 1.76 bits per heavy atom. The number of hydrogen-bond acceptors (Lipinski definition) is 6. The lowest BCUT2D eigenvalue weighted by atomic mass is 10.0. The molecule has 1 aromatic heterocycles. The first kappa shape index (κ1) is 22.6. The van der Waals surface area contributed by atoms with Crippen LogP contribution in [0.25, 0.3) is 22.1 Å². The van der Waals surface area contributed by atoms with Gasteiger partial charge >= 0.3 is 5.63 Å². The summed E-state index contributed by atoms with van der Waals surface area (Å²) in [6.45, 7) is 1.58. The number of rotatable bonds is 5. The van der Waals surface area contributed by atoms with E-state index in [2.05, 4.69) is 4.90 Å². The smallest absolute Gasteiger partial charge is 0.344 e. The van der Waals surface area contributed by atoms with Gasteiger partial charge in [0.05, 0.1) is 35.4 Å². The fraction of sp³-hybridized carbons (Fsp3) is 0.192. The number of benzene rings is 3. The van der Waals surface area contributed by atoms with Gasteiger partial charge in [0.2, 0.25) is 0 Å². The summed E-state index contributed by atoms with van der Waals surface area (Å²) in [6.07, 6.45) is 0. The predicted octanol–water partition coefficient (Wildman–Crippen LogP) is 6.14. The summed E-state index contributed by atoms with van der Waals surface area (Å²) < 4.78 is 22.5. The summed E-state index contributed by atoms with van der Waals surface area (Å²) in [5.41, 5.74) is 3.06. The minimum Gasteiger partial charge on any atom is -0.493 e. The normalized spacial score (nSPS) is 13.4. The minimum absolute atomic E-state index is 0.409. The largest absolute Gasteiger partial charge is 0.493 e. The fourth-order valence-electron chi connectivity index (χ4n) is 4.14. The predicted molar refractivity (Wildman–Crippen MR) is 132 cm³/mol. The van der Waals surface area contributed by atoms with E-state index in [9.17, 15) is 4.79 Å². The van der Waals surface area contributed by atoms with E-state index in [-0.39, 0.29) is 0 Å². The molecule has 2 heterocycles. The van der Waals surface area contributed by atoms with Crippen molar-refractivity contribution in [2.75, 3.05) is 21.0 Å². The molecule has 0 spiro atoms. The standard InChI is InChI=1S/C26H21Cl2NO5/c1-31-23-8-4-16(11-24(23)32-2)18-10-17-5-7-22-19(25(17)34-26(18)30)13-29(14-33-22)12-15-3-6-20(27)21(28)9-15/h3-11H,12-14H2,1-2H3. The van der Waals surface area contributed by atoms with Gasteiger partial charge in [-0.2, -0.15) is 0 Å². The molecule has 6 nitrogen and oxygen atoms in total. The monoisotopic (exact) mass is 497 g/mol. The van der Waals surface area contributed by atoms with E-state index in [4.69, 9.17) is 41.8 Å². The molecule has 0 aliphatic carbocycles. The van der Waals surface area contributed by atoms with Gasteiger partial charge in [0.1, 0.15) is 18.1 Å². The van der Waals surface area contributed by atoms with Crippen molar-refractivity contribution in [1.29, 1.82) is 0 Å². The van der Waals surface area contributed by atoms with Crippen LogP contribution in [0.1, 0.15) is 11.1 Å². The number of methoxy groups -OCH3 is 2. The second kappa shape index (κ2) is 9.22. The molecule has 0 saturated heterocycles. The van der Waals surface area contributed by atoms with E-state index in [0.717, 1.165) is 16.5 Å². The molecule has 1 aliphatic rings. The Bertz CT molecular complexity index is 1450. The van der Waals surface area contributed by atoms with Crippen molar-refractivity contribution in [3.63, 3.8) is 0 Å². The molecule has 4 aromatic rings. The molecule has 0 atom stereocenters. The third kappa shape index (κ3) is 4.20. The summed E-state index contributed by atoms with van der Waals surface area (Å²) in [7, 11) is 3.12. The van der Waals surface area contributed by atoms with Gasteiger partial charge in [-0.15, -0.1) is 0 Å². The van der Waals surface area contributed by atoms with E-state index < -0.39 is 5.63 Å². The number of nitrogens with zero attached hydrogens (tertiary/aromatic N) is 1. The van der Waals surface area contributed by atoms with Gasteiger partial charge in [-0.25, -0.2) is 4.79 Å². The zero-order valence-corrected chi connectivity index (χ0v) is 20.1. The van der Waals surface area contributed by atoms with Gasteiger partial charge in [-0.05, 0) is 53.6 Å². The number of hydrogen-bond donors (Lipinski definition) is 0. The Morgan fingerprint density at radius 3 is 2.53 bits per heavy atom. The van der Waals surface area contributed by atoms with Crippen molar-refractivity contribution in [3.05, 3.63) is 86.2 Å². The molecule has 3 aromatic carbocycles. The molecule has 34 heavy (non-hydrogen) atoms. The third-order valence-corrected chi connectivity index (χ3v) is 6.57. The fourth-order valence-corrected chi connectivity index (χ4v) is 4.46. The van der Waals surface area contributed by atoms with E-state index in [1.165, 1.54) is 0 Å². The van der Waals surface area contributed by atoms with Crippen LogP contribution in [0.2, 0.25) is 10.0 Å². The molecule has 0 saturated carbocycles. The first-order valence-electron chi connectivity index (χ1n) is 10.6. The average Bonchev–Trinajstić information content (AvgIpc) is 2.85. The molecular weight excluding hydrogens is 477 g/mol. The van der Waals surface area contributed by atoms with Crippen LogP contribution in [0, 0.1) is 0 Å². The average molecular weight is 498 g/mol. The highest BCUT2D eigenvalue weighted by Crippen LogP contribution is 2.36. The second-order valence-electron chi connectivity index (χ2n) is 7.99. The lowest BCUT2D eigenvalue weighted by molar-refractivity contribution is 0.0890. The van der Waals surface area contributed by atoms with Crippen LogP contribution in [-0.2, 0) is 13.1 Å². The maximum Gasteiger partial charge on any atom is 0.344 e. The number of halogens is 2. The molecule has 0 fully saturated rings. The Morgan fingerprint density at radius 1 is 0.941 bits per heavy atom. The van der Waals surface area contributed by atoms with Crippen LogP contribution in [-0.4, -0.2) is 25.9 Å². The lowest BCUT2D eigenvalue weighted by Crippen LogP contribution is -2.31. The van der Waals surface area contributed by atoms with Gasteiger partial charge in [0.25, 0.3) is 0 Å². The molecule has 8 heteroatoms. The zero-order chi connectivity index (χ0) is 23.8. The first-order valence-corrected chi connectivity index (χ1v) is 11.3. The maximum atomic E-state index is 13.0. The van der Waals surface area contributed by atoms with Gasteiger partial charge in [0, 0.05) is 18.5 Å². The number of fused-ring (bicyclic) bond motifs is 3. The highest BCUT2D eigenvalue weighted by molar-refractivity contribution is 6.42. The van der Waals surface area contributed by atoms with Crippen molar-refractivity contribution < 1.29 is 18.6 Å². The van der Waals surface area contributed by atoms with Gasteiger partial charge in [-0.1, -0.05) is 35.3 Å². The summed E-state index contributed by atoms with van der Waals surface area (Å²) in [5.74, 6) is 1.83. The van der Waals surface area contributed by atoms with Gasteiger partial charge in [0.15, 0.2) is 11.5 Å². The van der Waals surface area contributed by atoms with Gasteiger partial charge in [-0.3, -0.25) is 4.90 Å². The summed E-state index contributed by atoms with van der Waals surface area (Å²) in [6, 6.07) is 16.5. The first-order chi connectivity index (χ1) is 16.5. The Kier molecular flexibility index (Phi) is 6.13. The highest BCUT2D eigenvalue weighted by Gasteiger charge is 2.23. The maximum absolute atomic E-state index is 13.0. The van der Waals surface area contributed by atoms with E-state index in [0.29, 0.717) is 63.8 Å². The van der Waals surface area contributed by atoms with Crippen molar-refractivity contribution in [3.8, 4) is 28.4 Å². The highest BCUT2D eigenvalue weighted by atomic mass is 35.5. The van der Waals surface area contributed by atoms with E-state index >= 15 is 0 Å². The quantitative estimate of drug-likeness (QED) is 0.308. The molecule has 1 aliphatic heterocycles. The Balaban J connectivity index is 1.50. The Hall–Kier alpha value is -3.19. The van der Waals surface area contributed by atoms with Gasteiger partial charge < -0.3 is 18.6 Å².